The van der Waals surface area contributed by atoms with Crippen LogP contribution >= 0.6 is 0 Å². The third-order valence-corrected chi connectivity index (χ3v) is 3.81. The summed E-state index contributed by atoms with van der Waals surface area (Å²) in [4.78, 5) is 30.2. The number of piperazine rings is 1. The van der Waals surface area contributed by atoms with E-state index < -0.39 is 0 Å². The van der Waals surface area contributed by atoms with Crippen LogP contribution in [0.25, 0.3) is 0 Å². The number of aromatic amines is 1. The third-order valence-electron chi connectivity index (χ3n) is 3.81. The molecule has 7 heteroatoms. The van der Waals surface area contributed by atoms with Crippen LogP contribution in [-0.2, 0) is 9.59 Å². The molecule has 1 aliphatic rings. The van der Waals surface area contributed by atoms with Gasteiger partial charge in [0.2, 0.25) is 5.91 Å². The number of quaternary nitrogens is 1. The molecule has 1 aliphatic heterocycles. The maximum atomic E-state index is 11.9. The minimum Gasteiger partial charge on any atom is -0.352 e. The van der Waals surface area contributed by atoms with Crippen molar-refractivity contribution in [3.05, 3.63) is 24.4 Å². The van der Waals surface area contributed by atoms with Gasteiger partial charge in [0.1, 0.15) is 26.2 Å². The second-order valence-electron chi connectivity index (χ2n) is 6.16. The van der Waals surface area contributed by atoms with Crippen LogP contribution in [0.4, 0.5) is 5.82 Å². The normalized spacial score (nSPS) is 15.5. The summed E-state index contributed by atoms with van der Waals surface area (Å²) in [5.41, 5.74) is 0. The fourth-order valence-corrected chi connectivity index (χ4v) is 2.66. The molecule has 1 saturated heterocycles. The molecule has 2 rings (SSSR count). The number of pyridine rings is 1. The van der Waals surface area contributed by atoms with Crippen LogP contribution in [0.2, 0.25) is 0 Å². The molecule has 4 N–H and O–H groups in total. The fourth-order valence-electron chi connectivity index (χ4n) is 2.66. The smallest absolute Gasteiger partial charge is 0.275 e. The average molecular weight is 321 g/mol. The van der Waals surface area contributed by atoms with Crippen molar-refractivity contribution in [1.29, 1.82) is 0 Å². The Morgan fingerprint density at radius 1 is 1.26 bits per heavy atom. The van der Waals surface area contributed by atoms with E-state index in [2.05, 4.69) is 26.6 Å². The average Bonchev–Trinajstić information content (AvgIpc) is 2.54. The Kier molecular flexibility index (Phi) is 6.34. The Hall–Kier alpha value is -2.15. The Morgan fingerprint density at radius 3 is 2.61 bits per heavy atom. The van der Waals surface area contributed by atoms with E-state index >= 15 is 0 Å². The SMILES string of the molecule is CC(C)NC(=O)CNC(=O)C[NH+]1CCN(c2cccc[nH+]2)CC1. The molecular formula is C16H27N5O2+2. The van der Waals surface area contributed by atoms with Crippen LogP contribution in [0.1, 0.15) is 13.8 Å². The molecule has 0 bridgehead atoms. The van der Waals surface area contributed by atoms with Crippen molar-refractivity contribution in [1.82, 2.24) is 10.6 Å². The van der Waals surface area contributed by atoms with Gasteiger partial charge in [0.25, 0.3) is 11.7 Å². The highest BCUT2D eigenvalue weighted by Gasteiger charge is 2.27. The lowest BCUT2D eigenvalue weighted by atomic mass is 10.3. The third kappa shape index (κ3) is 5.86. The standard InChI is InChI=1S/C16H25N5O2/c1-13(2)19-15(22)11-18-16(23)12-20-7-9-21(10-8-20)14-5-3-4-6-17-14/h3-6,13H,7-12H2,1-2H3,(H,18,23)(H,19,22)/p+2. The van der Waals surface area contributed by atoms with Crippen LogP contribution in [0.5, 0.6) is 0 Å². The van der Waals surface area contributed by atoms with Gasteiger partial charge in [-0.1, -0.05) is 6.07 Å². The van der Waals surface area contributed by atoms with Crippen molar-refractivity contribution in [3.63, 3.8) is 0 Å². The van der Waals surface area contributed by atoms with Crippen LogP contribution in [0.3, 0.4) is 0 Å². The molecule has 0 aliphatic carbocycles. The zero-order valence-electron chi connectivity index (χ0n) is 13.9. The summed E-state index contributed by atoms with van der Waals surface area (Å²) in [7, 11) is 0. The number of carbonyl (C=O) groups is 2. The van der Waals surface area contributed by atoms with E-state index in [0.717, 1.165) is 32.0 Å². The molecule has 1 aromatic heterocycles. The molecule has 0 atom stereocenters. The van der Waals surface area contributed by atoms with Crippen molar-refractivity contribution in [2.45, 2.75) is 19.9 Å². The topological polar surface area (TPSA) is 80.0 Å². The summed E-state index contributed by atoms with van der Waals surface area (Å²) >= 11 is 0. The fraction of sp³-hybridized carbons (Fsp3) is 0.562. The minimum atomic E-state index is -0.146. The lowest BCUT2D eigenvalue weighted by Crippen LogP contribution is -3.16. The molecule has 2 amide bonds. The Labute approximate surface area is 137 Å². The second kappa shape index (κ2) is 8.47. The summed E-state index contributed by atoms with van der Waals surface area (Å²) in [5.74, 6) is 0.896. The molecule has 1 fully saturated rings. The van der Waals surface area contributed by atoms with E-state index in [-0.39, 0.29) is 24.4 Å². The predicted octanol–water partition coefficient (Wildman–Crippen LogP) is -2.15. The Balaban J connectivity index is 1.68. The Bertz CT molecular complexity index is 512. The number of amides is 2. The Morgan fingerprint density at radius 2 is 2.00 bits per heavy atom. The highest BCUT2D eigenvalue weighted by atomic mass is 16.2. The first-order valence-corrected chi connectivity index (χ1v) is 8.16. The van der Waals surface area contributed by atoms with E-state index in [1.807, 2.05) is 32.2 Å². The van der Waals surface area contributed by atoms with E-state index in [1.54, 1.807) is 0 Å². The maximum absolute atomic E-state index is 11.9. The molecule has 2 heterocycles. The number of hydrogen-bond acceptors (Lipinski definition) is 3. The number of carbonyl (C=O) groups excluding carboxylic acids is 2. The zero-order chi connectivity index (χ0) is 16.7. The number of H-pyrrole nitrogens is 1. The highest BCUT2D eigenvalue weighted by Crippen LogP contribution is 2.04. The lowest BCUT2D eigenvalue weighted by Gasteiger charge is -2.27. The number of nitrogens with zero attached hydrogens (tertiary/aromatic N) is 1. The molecular weight excluding hydrogens is 294 g/mol. The monoisotopic (exact) mass is 321 g/mol. The van der Waals surface area contributed by atoms with E-state index in [9.17, 15) is 9.59 Å². The highest BCUT2D eigenvalue weighted by molar-refractivity contribution is 5.85. The first-order chi connectivity index (χ1) is 11.0. The number of hydrogen-bond donors (Lipinski definition) is 3. The predicted molar refractivity (Wildman–Crippen MR) is 87.1 cm³/mol. The second-order valence-corrected chi connectivity index (χ2v) is 6.16. The molecule has 7 nitrogen and oxygen atoms in total. The van der Waals surface area contributed by atoms with Gasteiger partial charge >= 0.3 is 0 Å². The number of anilines is 1. The van der Waals surface area contributed by atoms with Gasteiger partial charge in [0, 0.05) is 12.1 Å². The van der Waals surface area contributed by atoms with Crippen molar-refractivity contribution in [2.24, 2.45) is 0 Å². The van der Waals surface area contributed by atoms with Crippen molar-refractivity contribution < 1.29 is 19.5 Å². The van der Waals surface area contributed by atoms with E-state index in [4.69, 9.17) is 0 Å². The molecule has 23 heavy (non-hydrogen) atoms. The van der Waals surface area contributed by atoms with Crippen molar-refractivity contribution in [3.8, 4) is 0 Å². The summed E-state index contributed by atoms with van der Waals surface area (Å²) in [6, 6.07) is 6.13. The lowest BCUT2D eigenvalue weighted by molar-refractivity contribution is -0.892. The quantitative estimate of drug-likeness (QED) is 0.559. The first kappa shape index (κ1) is 17.2. The van der Waals surface area contributed by atoms with E-state index in [0.29, 0.717) is 6.54 Å². The molecule has 0 spiro atoms. The van der Waals surface area contributed by atoms with Gasteiger partial charge in [-0.3, -0.25) is 14.5 Å². The van der Waals surface area contributed by atoms with Gasteiger partial charge in [-0.25, -0.2) is 4.98 Å². The van der Waals surface area contributed by atoms with Crippen LogP contribution < -0.4 is 25.4 Å². The van der Waals surface area contributed by atoms with Gasteiger partial charge in [-0.05, 0) is 19.9 Å². The molecule has 1 aromatic rings. The van der Waals surface area contributed by atoms with Crippen molar-refractivity contribution >= 4 is 17.6 Å². The van der Waals surface area contributed by atoms with Crippen molar-refractivity contribution in [2.75, 3.05) is 44.2 Å². The first-order valence-electron chi connectivity index (χ1n) is 8.16. The number of nitrogens with one attached hydrogen (secondary N) is 4. The number of aromatic nitrogens is 1. The van der Waals surface area contributed by atoms with Gasteiger partial charge in [-0.2, -0.15) is 0 Å². The minimum absolute atomic E-state index is 0.0510. The molecule has 0 aromatic carbocycles. The van der Waals surface area contributed by atoms with Crippen LogP contribution in [0, 0.1) is 0 Å². The summed E-state index contributed by atoms with van der Waals surface area (Å²) in [6.07, 6.45) is 1.92. The number of rotatable bonds is 6. The molecule has 126 valence electrons. The zero-order valence-corrected chi connectivity index (χ0v) is 13.9. The van der Waals surface area contributed by atoms with Gasteiger partial charge in [-0.15, -0.1) is 0 Å². The summed E-state index contributed by atoms with van der Waals surface area (Å²) in [5, 5.41) is 5.44. The maximum Gasteiger partial charge on any atom is 0.275 e. The van der Waals surface area contributed by atoms with Gasteiger partial charge < -0.3 is 15.5 Å². The molecule has 0 radical (unpaired) electrons. The van der Waals surface area contributed by atoms with E-state index in [1.165, 1.54) is 4.90 Å². The van der Waals surface area contributed by atoms with Gasteiger partial charge in [0.15, 0.2) is 6.54 Å². The molecule has 0 unspecified atom stereocenters. The molecule has 0 saturated carbocycles. The summed E-state index contributed by atoms with van der Waals surface area (Å²) in [6.45, 7) is 7.91. The van der Waals surface area contributed by atoms with Crippen LogP contribution in [-0.4, -0.2) is 57.1 Å². The van der Waals surface area contributed by atoms with Gasteiger partial charge in [0.05, 0.1) is 12.7 Å². The van der Waals surface area contributed by atoms with Crippen LogP contribution in [0.15, 0.2) is 24.4 Å². The summed E-state index contributed by atoms with van der Waals surface area (Å²) < 4.78 is 0. The largest absolute Gasteiger partial charge is 0.352 e.